The third-order valence-electron chi connectivity index (χ3n) is 3.47. The van der Waals surface area contributed by atoms with E-state index in [1.807, 2.05) is 24.3 Å². The lowest BCUT2D eigenvalue weighted by Gasteiger charge is -2.10. The Bertz CT molecular complexity index is 628. The molecule has 0 atom stereocenters. The van der Waals surface area contributed by atoms with Crippen molar-refractivity contribution in [3.8, 4) is 0 Å². The predicted octanol–water partition coefficient (Wildman–Crippen LogP) is 3.22. The van der Waals surface area contributed by atoms with E-state index >= 15 is 0 Å². The van der Waals surface area contributed by atoms with Crippen LogP contribution in [0.2, 0.25) is 0 Å². The molecule has 0 aliphatic heterocycles. The van der Waals surface area contributed by atoms with Crippen LogP contribution in [-0.2, 0) is 29.1 Å². The van der Waals surface area contributed by atoms with Crippen molar-refractivity contribution < 1.29 is 13.9 Å². The summed E-state index contributed by atoms with van der Waals surface area (Å²) in [6, 6.07) is 14.3. The molecular weight excluding hydrogens is 281 g/mol. The molecule has 1 amide bonds. The molecule has 0 unspecified atom stereocenters. The van der Waals surface area contributed by atoms with Crippen molar-refractivity contribution in [3.05, 3.63) is 71.0 Å². The van der Waals surface area contributed by atoms with Crippen LogP contribution in [0.1, 0.15) is 23.1 Å². The van der Waals surface area contributed by atoms with Crippen LogP contribution >= 0.6 is 0 Å². The second-order valence-corrected chi connectivity index (χ2v) is 5.07. The van der Waals surface area contributed by atoms with Crippen molar-refractivity contribution in [2.45, 2.75) is 26.0 Å². The summed E-state index contributed by atoms with van der Waals surface area (Å²) in [5.41, 5.74) is 2.65. The van der Waals surface area contributed by atoms with Crippen LogP contribution in [0.5, 0.6) is 0 Å². The second-order valence-electron chi connectivity index (χ2n) is 5.07. The quantitative estimate of drug-likeness (QED) is 0.852. The van der Waals surface area contributed by atoms with E-state index < -0.39 is 0 Å². The smallest absolute Gasteiger partial charge is 0.220 e. The molecule has 0 saturated heterocycles. The molecule has 1 N–H and O–H groups in total. The highest BCUT2D eigenvalue weighted by atomic mass is 19.1. The Morgan fingerprint density at radius 2 is 1.68 bits per heavy atom. The Kier molecular flexibility index (Phi) is 6.10. The van der Waals surface area contributed by atoms with Gasteiger partial charge in [0.1, 0.15) is 5.82 Å². The monoisotopic (exact) mass is 301 g/mol. The molecule has 0 fully saturated rings. The third kappa shape index (κ3) is 4.67. The first-order valence-electron chi connectivity index (χ1n) is 7.26. The van der Waals surface area contributed by atoms with E-state index in [1.165, 1.54) is 6.07 Å². The fraction of sp³-hybridized carbons (Fsp3) is 0.278. The van der Waals surface area contributed by atoms with Crippen molar-refractivity contribution in [2.75, 3.05) is 7.11 Å². The fourth-order valence-corrected chi connectivity index (χ4v) is 2.26. The summed E-state index contributed by atoms with van der Waals surface area (Å²) in [5, 5.41) is 2.87. The number of rotatable bonds is 7. The van der Waals surface area contributed by atoms with E-state index in [0.717, 1.165) is 11.1 Å². The van der Waals surface area contributed by atoms with E-state index in [9.17, 15) is 9.18 Å². The zero-order valence-electron chi connectivity index (χ0n) is 12.6. The minimum absolute atomic E-state index is 0.0875. The molecule has 0 saturated carbocycles. The highest BCUT2D eigenvalue weighted by molar-refractivity contribution is 5.76. The third-order valence-corrected chi connectivity index (χ3v) is 3.47. The number of halogens is 1. The maximum Gasteiger partial charge on any atom is 0.220 e. The first-order valence-corrected chi connectivity index (χ1v) is 7.26. The summed E-state index contributed by atoms with van der Waals surface area (Å²) >= 11 is 0. The van der Waals surface area contributed by atoms with Crippen LogP contribution in [-0.4, -0.2) is 13.0 Å². The summed E-state index contributed by atoms with van der Waals surface area (Å²) in [6.45, 7) is 0.969. The minimum Gasteiger partial charge on any atom is -0.380 e. The molecule has 0 aliphatic carbocycles. The van der Waals surface area contributed by atoms with Crippen molar-refractivity contribution in [1.29, 1.82) is 0 Å². The van der Waals surface area contributed by atoms with Gasteiger partial charge in [0.15, 0.2) is 0 Å². The minimum atomic E-state index is -0.263. The van der Waals surface area contributed by atoms with E-state index in [2.05, 4.69) is 5.32 Å². The molecule has 0 bridgehead atoms. The molecule has 2 aromatic carbocycles. The van der Waals surface area contributed by atoms with E-state index in [1.54, 1.807) is 25.3 Å². The fourth-order valence-electron chi connectivity index (χ4n) is 2.26. The van der Waals surface area contributed by atoms with Crippen molar-refractivity contribution in [1.82, 2.24) is 5.32 Å². The molecule has 2 aromatic rings. The van der Waals surface area contributed by atoms with Crippen LogP contribution in [0.4, 0.5) is 4.39 Å². The van der Waals surface area contributed by atoms with Crippen LogP contribution in [0.25, 0.3) is 0 Å². The number of methoxy groups -OCH3 is 1. The Labute approximate surface area is 130 Å². The van der Waals surface area contributed by atoms with Crippen LogP contribution in [0.3, 0.4) is 0 Å². The normalized spacial score (nSPS) is 10.5. The molecule has 0 aromatic heterocycles. The van der Waals surface area contributed by atoms with Crippen LogP contribution < -0.4 is 5.32 Å². The summed E-state index contributed by atoms with van der Waals surface area (Å²) in [6.07, 6.45) is 0.672. The molecule has 2 rings (SSSR count). The van der Waals surface area contributed by atoms with Gasteiger partial charge in [-0.2, -0.15) is 0 Å². The number of nitrogens with one attached hydrogen (secondary N) is 1. The van der Waals surface area contributed by atoms with Gasteiger partial charge in [0.05, 0.1) is 6.61 Å². The van der Waals surface area contributed by atoms with E-state index in [-0.39, 0.29) is 18.1 Å². The largest absolute Gasteiger partial charge is 0.380 e. The first kappa shape index (κ1) is 16.2. The van der Waals surface area contributed by atoms with Gasteiger partial charge < -0.3 is 10.1 Å². The van der Waals surface area contributed by atoms with Gasteiger partial charge in [0.2, 0.25) is 5.91 Å². The lowest BCUT2D eigenvalue weighted by molar-refractivity contribution is -0.121. The summed E-state index contributed by atoms with van der Waals surface area (Å²) < 4.78 is 18.6. The molecular formula is C18H20FNO2. The lowest BCUT2D eigenvalue weighted by atomic mass is 10.1. The standard InChI is InChI=1S/C18H20FNO2/c1-22-13-16-8-3-2-7-15(16)12-20-18(21)11-10-14-6-4-5-9-17(14)19/h2-9H,10-13H2,1H3,(H,20,21). The SMILES string of the molecule is COCc1ccccc1CNC(=O)CCc1ccccc1F. The first-order chi connectivity index (χ1) is 10.7. The van der Waals surface area contributed by atoms with Gasteiger partial charge in [0, 0.05) is 20.1 Å². The molecule has 4 heteroatoms. The van der Waals surface area contributed by atoms with E-state index in [4.69, 9.17) is 4.74 Å². The lowest BCUT2D eigenvalue weighted by Crippen LogP contribution is -2.23. The maximum absolute atomic E-state index is 13.5. The van der Waals surface area contributed by atoms with Crippen LogP contribution in [0.15, 0.2) is 48.5 Å². The highest BCUT2D eigenvalue weighted by Gasteiger charge is 2.07. The molecule has 0 aliphatic rings. The van der Waals surface area contributed by atoms with Gasteiger partial charge in [-0.05, 0) is 29.2 Å². The number of amides is 1. The Balaban J connectivity index is 1.84. The summed E-state index contributed by atoms with van der Waals surface area (Å²) in [4.78, 5) is 11.9. The Morgan fingerprint density at radius 3 is 2.36 bits per heavy atom. The molecule has 22 heavy (non-hydrogen) atoms. The molecule has 116 valence electrons. The predicted molar refractivity (Wildman–Crippen MR) is 83.7 cm³/mol. The number of carbonyl (C=O) groups excluding carboxylic acids is 1. The second kappa shape index (κ2) is 8.29. The maximum atomic E-state index is 13.5. The van der Waals surface area contributed by atoms with Gasteiger partial charge in [-0.3, -0.25) is 4.79 Å². The molecule has 0 radical (unpaired) electrons. The Hall–Kier alpha value is -2.20. The number of hydrogen-bond acceptors (Lipinski definition) is 2. The van der Waals surface area contributed by atoms with Gasteiger partial charge in [-0.15, -0.1) is 0 Å². The van der Waals surface area contributed by atoms with Gasteiger partial charge in [0.25, 0.3) is 0 Å². The number of hydrogen-bond donors (Lipinski definition) is 1. The van der Waals surface area contributed by atoms with Crippen molar-refractivity contribution in [3.63, 3.8) is 0 Å². The number of carbonyl (C=O) groups is 1. The number of ether oxygens (including phenoxy) is 1. The average Bonchev–Trinajstić information content (AvgIpc) is 2.53. The van der Waals surface area contributed by atoms with Crippen molar-refractivity contribution in [2.24, 2.45) is 0 Å². The van der Waals surface area contributed by atoms with Gasteiger partial charge >= 0.3 is 0 Å². The molecule has 0 heterocycles. The van der Waals surface area contributed by atoms with Gasteiger partial charge in [-0.25, -0.2) is 4.39 Å². The number of aryl methyl sites for hydroxylation is 1. The van der Waals surface area contributed by atoms with Gasteiger partial charge in [-0.1, -0.05) is 42.5 Å². The average molecular weight is 301 g/mol. The molecule has 0 spiro atoms. The summed E-state index contributed by atoms with van der Waals surface area (Å²) in [5.74, 6) is -0.351. The topological polar surface area (TPSA) is 38.3 Å². The number of benzene rings is 2. The molecule has 3 nitrogen and oxygen atoms in total. The van der Waals surface area contributed by atoms with Crippen molar-refractivity contribution >= 4 is 5.91 Å². The van der Waals surface area contributed by atoms with E-state index in [0.29, 0.717) is 25.1 Å². The Morgan fingerprint density at radius 1 is 1.05 bits per heavy atom. The zero-order chi connectivity index (χ0) is 15.8. The zero-order valence-corrected chi connectivity index (χ0v) is 12.6. The highest BCUT2D eigenvalue weighted by Crippen LogP contribution is 2.11. The van der Waals surface area contributed by atoms with Crippen LogP contribution in [0, 0.1) is 5.82 Å². The summed E-state index contributed by atoms with van der Waals surface area (Å²) in [7, 11) is 1.64.